The maximum absolute atomic E-state index is 5.27. The van der Waals surface area contributed by atoms with Gasteiger partial charge < -0.3 is 0 Å². The summed E-state index contributed by atoms with van der Waals surface area (Å²) in [6.45, 7) is 0. The Kier molecular flexibility index (Phi) is 8.20. The first-order valence-electron chi connectivity index (χ1n) is 17.5. The van der Waals surface area contributed by atoms with Crippen molar-refractivity contribution in [3.8, 4) is 78.3 Å². The van der Waals surface area contributed by atoms with Gasteiger partial charge in [0.25, 0.3) is 0 Å². The van der Waals surface area contributed by atoms with Crippen molar-refractivity contribution in [2.45, 2.75) is 0 Å². The van der Waals surface area contributed by atoms with Crippen molar-refractivity contribution in [2.24, 2.45) is 0 Å². The highest BCUT2D eigenvalue weighted by molar-refractivity contribution is 5.97. The lowest BCUT2D eigenvalue weighted by Gasteiger charge is -2.12. The molecule has 0 fully saturated rings. The van der Waals surface area contributed by atoms with Crippen LogP contribution in [0.2, 0.25) is 0 Å². The molecule has 0 radical (unpaired) electrons. The van der Waals surface area contributed by atoms with Crippen LogP contribution in [0.25, 0.3) is 89.1 Å². The van der Waals surface area contributed by atoms with E-state index in [1.807, 2.05) is 36.8 Å². The molecule has 52 heavy (non-hydrogen) atoms. The minimum atomic E-state index is 0.838. The molecule has 9 rings (SSSR count). The normalized spacial score (nSPS) is 11.1. The fourth-order valence-corrected chi connectivity index (χ4v) is 6.95. The van der Waals surface area contributed by atoms with Crippen molar-refractivity contribution in [2.75, 3.05) is 0 Å². The molecule has 0 aliphatic carbocycles. The van der Waals surface area contributed by atoms with Gasteiger partial charge in [-0.1, -0.05) is 127 Å². The van der Waals surface area contributed by atoms with Crippen LogP contribution in [-0.2, 0) is 0 Å². The molecule has 0 aliphatic rings. The molecule has 3 nitrogen and oxygen atoms in total. The Morgan fingerprint density at radius 2 is 0.731 bits per heavy atom. The summed E-state index contributed by atoms with van der Waals surface area (Å²) in [5.41, 5.74) is 15.3. The summed E-state index contributed by atoms with van der Waals surface area (Å²) in [4.78, 5) is 14.2. The lowest BCUT2D eigenvalue weighted by atomic mass is 9.94. The quantitative estimate of drug-likeness (QED) is 0.170. The van der Waals surface area contributed by atoms with Crippen molar-refractivity contribution in [3.05, 3.63) is 201 Å². The Balaban J connectivity index is 1.06. The molecule has 3 heteroatoms. The molecule has 0 aliphatic heterocycles. The Bertz CT molecular complexity index is 2680. The van der Waals surface area contributed by atoms with Crippen LogP contribution >= 0.6 is 0 Å². The van der Waals surface area contributed by atoms with Gasteiger partial charge in [0.05, 0.1) is 17.1 Å². The molecule has 9 aromatic rings. The summed E-state index contributed by atoms with van der Waals surface area (Å²) in [5, 5.41) is 2.20. The second-order valence-corrected chi connectivity index (χ2v) is 12.9. The first kappa shape index (κ1) is 31.0. The zero-order valence-electron chi connectivity index (χ0n) is 28.4. The molecular weight excluding hydrogens is 631 g/mol. The van der Waals surface area contributed by atoms with Crippen LogP contribution in [0.5, 0.6) is 0 Å². The molecule has 3 heterocycles. The lowest BCUT2D eigenvalue weighted by molar-refractivity contribution is 1.26. The van der Waals surface area contributed by atoms with E-state index in [4.69, 9.17) is 9.97 Å². The second kappa shape index (κ2) is 13.7. The van der Waals surface area contributed by atoms with Crippen LogP contribution < -0.4 is 0 Å². The number of benzene rings is 6. The van der Waals surface area contributed by atoms with Crippen LogP contribution in [0.1, 0.15) is 0 Å². The van der Waals surface area contributed by atoms with E-state index in [1.54, 1.807) is 0 Å². The monoisotopic (exact) mass is 663 g/mol. The third-order valence-electron chi connectivity index (χ3n) is 9.61. The summed E-state index contributed by atoms with van der Waals surface area (Å²) >= 11 is 0. The van der Waals surface area contributed by atoms with Gasteiger partial charge in [0, 0.05) is 29.5 Å². The molecule has 244 valence electrons. The summed E-state index contributed by atoms with van der Waals surface area (Å²) in [5.74, 6) is 0. The highest BCUT2D eigenvalue weighted by atomic mass is 14.8. The molecule has 0 N–H and O–H groups in total. The number of rotatable bonds is 7. The van der Waals surface area contributed by atoms with Crippen molar-refractivity contribution in [3.63, 3.8) is 0 Å². The van der Waals surface area contributed by atoms with E-state index in [2.05, 4.69) is 169 Å². The number of hydrogen-bond donors (Lipinski definition) is 0. The van der Waals surface area contributed by atoms with E-state index < -0.39 is 0 Å². The summed E-state index contributed by atoms with van der Waals surface area (Å²) < 4.78 is 0. The van der Waals surface area contributed by atoms with E-state index in [-0.39, 0.29) is 0 Å². The number of pyridine rings is 3. The third-order valence-corrected chi connectivity index (χ3v) is 9.61. The highest BCUT2D eigenvalue weighted by Crippen LogP contribution is 2.35. The third kappa shape index (κ3) is 6.28. The van der Waals surface area contributed by atoms with Gasteiger partial charge in [-0.15, -0.1) is 0 Å². The van der Waals surface area contributed by atoms with Gasteiger partial charge in [-0.3, -0.25) is 9.97 Å². The van der Waals surface area contributed by atoms with Gasteiger partial charge in [-0.25, -0.2) is 4.98 Å². The average molecular weight is 664 g/mol. The Morgan fingerprint density at radius 3 is 1.35 bits per heavy atom. The van der Waals surface area contributed by atoms with Gasteiger partial charge in [0.1, 0.15) is 0 Å². The summed E-state index contributed by atoms with van der Waals surface area (Å²) in [6, 6.07) is 64.4. The molecule has 0 atom stereocenters. The van der Waals surface area contributed by atoms with E-state index >= 15 is 0 Å². The van der Waals surface area contributed by atoms with Gasteiger partial charge in [-0.2, -0.15) is 0 Å². The van der Waals surface area contributed by atoms with Crippen molar-refractivity contribution >= 4 is 10.8 Å². The fourth-order valence-electron chi connectivity index (χ4n) is 6.95. The van der Waals surface area contributed by atoms with Crippen LogP contribution in [-0.4, -0.2) is 15.0 Å². The van der Waals surface area contributed by atoms with Gasteiger partial charge in [0.2, 0.25) is 0 Å². The van der Waals surface area contributed by atoms with Crippen LogP contribution in [0.3, 0.4) is 0 Å². The molecule has 0 amide bonds. The molecule has 0 unspecified atom stereocenters. The fraction of sp³-hybridized carbons (Fsp3) is 0. The zero-order valence-corrected chi connectivity index (χ0v) is 28.4. The molecule has 0 spiro atoms. The first-order valence-corrected chi connectivity index (χ1v) is 17.5. The minimum Gasteiger partial charge on any atom is -0.265 e. The minimum absolute atomic E-state index is 0.838. The van der Waals surface area contributed by atoms with Crippen LogP contribution in [0, 0.1) is 0 Å². The number of fused-ring (bicyclic) bond motifs is 1. The number of aromatic nitrogens is 3. The predicted molar refractivity (Wildman–Crippen MR) is 215 cm³/mol. The molecule has 0 saturated heterocycles. The highest BCUT2D eigenvalue weighted by Gasteiger charge is 2.13. The van der Waals surface area contributed by atoms with Crippen molar-refractivity contribution in [1.82, 2.24) is 15.0 Å². The number of nitrogens with zero attached hydrogens (tertiary/aromatic N) is 3. The Morgan fingerprint density at radius 1 is 0.288 bits per heavy atom. The van der Waals surface area contributed by atoms with E-state index in [9.17, 15) is 0 Å². The molecular formula is C49H33N3. The Hall–Kier alpha value is -6.97. The van der Waals surface area contributed by atoms with Crippen LogP contribution in [0.4, 0.5) is 0 Å². The van der Waals surface area contributed by atoms with Crippen molar-refractivity contribution in [1.29, 1.82) is 0 Å². The second-order valence-electron chi connectivity index (χ2n) is 12.9. The SMILES string of the molecule is c1ccc(-c2cccc(-c3cccc(-c4cccc(-c5cccc(-c6cc7ccccc7c(-c7cc(-c8ccncc8)ccn7)n6)c5)c4)c3)c2)cc1. The summed E-state index contributed by atoms with van der Waals surface area (Å²) in [6.07, 6.45) is 5.49. The maximum Gasteiger partial charge on any atom is 0.0972 e. The van der Waals surface area contributed by atoms with Gasteiger partial charge in [0.15, 0.2) is 0 Å². The summed E-state index contributed by atoms with van der Waals surface area (Å²) in [7, 11) is 0. The largest absolute Gasteiger partial charge is 0.265 e. The molecule has 0 bridgehead atoms. The average Bonchev–Trinajstić information content (AvgIpc) is 3.24. The lowest BCUT2D eigenvalue weighted by Crippen LogP contribution is -1.94. The van der Waals surface area contributed by atoms with Crippen molar-refractivity contribution < 1.29 is 0 Å². The first-order chi connectivity index (χ1) is 25.7. The molecule has 3 aromatic heterocycles. The number of hydrogen-bond acceptors (Lipinski definition) is 3. The van der Waals surface area contributed by atoms with E-state index in [0.717, 1.165) is 55.7 Å². The molecule has 0 saturated carbocycles. The topological polar surface area (TPSA) is 38.7 Å². The Labute approximate surface area is 303 Å². The maximum atomic E-state index is 5.27. The van der Waals surface area contributed by atoms with E-state index in [0.29, 0.717) is 0 Å². The van der Waals surface area contributed by atoms with E-state index in [1.165, 1.54) is 33.4 Å². The smallest absolute Gasteiger partial charge is 0.0972 e. The van der Waals surface area contributed by atoms with Gasteiger partial charge >= 0.3 is 0 Å². The predicted octanol–water partition coefficient (Wildman–Crippen LogP) is 12.7. The standard InChI is InChI=1S/C49H33N3/c1-2-10-34(11-3-1)36-13-6-14-37(28-36)38-15-7-16-39(29-38)40-17-8-18-41(30-40)42-19-9-20-45(31-42)47-33-44-12-4-5-21-46(44)49(52-47)48-32-43(24-27-51-48)35-22-25-50-26-23-35/h1-33H. The van der Waals surface area contributed by atoms with Gasteiger partial charge in [-0.05, 0) is 116 Å². The van der Waals surface area contributed by atoms with Crippen LogP contribution in [0.15, 0.2) is 201 Å². The zero-order chi connectivity index (χ0) is 34.7. The molecule has 6 aromatic carbocycles.